The third kappa shape index (κ3) is 2.04. The topological polar surface area (TPSA) is 26.0 Å². The van der Waals surface area contributed by atoms with Crippen molar-refractivity contribution >= 4 is 11.6 Å². The van der Waals surface area contributed by atoms with Crippen LogP contribution in [0.4, 0.5) is 8.78 Å². The predicted molar refractivity (Wildman–Crippen MR) is 53.2 cm³/mol. The molecule has 0 heterocycles. The molecule has 14 heavy (non-hydrogen) atoms. The standard InChI is InChI=1S/C10H12ClF2N/c1-3-10(2,14)6-4-9(13)7(11)5-8(6)12/h4-5H,3,14H2,1-2H3/t10-/m0/s1. The molecule has 0 bridgehead atoms. The van der Waals surface area contributed by atoms with Crippen molar-refractivity contribution in [2.75, 3.05) is 0 Å². The Bertz CT molecular complexity index is 350. The fourth-order valence-electron chi connectivity index (χ4n) is 1.15. The van der Waals surface area contributed by atoms with Gasteiger partial charge in [0.25, 0.3) is 0 Å². The molecule has 0 aromatic heterocycles. The lowest BCUT2D eigenvalue weighted by atomic mass is 9.90. The third-order valence-corrected chi connectivity index (χ3v) is 2.65. The largest absolute Gasteiger partial charge is 0.322 e. The van der Waals surface area contributed by atoms with Crippen molar-refractivity contribution in [2.24, 2.45) is 5.73 Å². The molecular weight excluding hydrogens is 208 g/mol. The summed E-state index contributed by atoms with van der Waals surface area (Å²) in [6.45, 7) is 3.46. The summed E-state index contributed by atoms with van der Waals surface area (Å²) in [4.78, 5) is 0. The summed E-state index contributed by atoms with van der Waals surface area (Å²) in [5.41, 5.74) is 5.10. The first-order chi connectivity index (χ1) is 6.38. The van der Waals surface area contributed by atoms with E-state index in [-0.39, 0.29) is 10.6 Å². The fraction of sp³-hybridized carbons (Fsp3) is 0.400. The molecule has 0 saturated carbocycles. The van der Waals surface area contributed by atoms with Crippen LogP contribution in [0.1, 0.15) is 25.8 Å². The molecule has 0 aliphatic carbocycles. The van der Waals surface area contributed by atoms with Gasteiger partial charge in [-0.3, -0.25) is 0 Å². The predicted octanol–water partition coefficient (Wildman–Crippen LogP) is 3.20. The Labute approximate surface area is 86.9 Å². The minimum Gasteiger partial charge on any atom is -0.322 e. The second-order valence-electron chi connectivity index (χ2n) is 3.52. The van der Waals surface area contributed by atoms with Crippen LogP contribution in [-0.4, -0.2) is 0 Å². The van der Waals surface area contributed by atoms with Gasteiger partial charge in [-0.15, -0.1) is 0 Å². The van der Waals surface area contributed by atoms with E-state index in [1.54, 1.807) is 6.92 Å². The van der Waals surface area contributed by atoms with E-state index >= 15 is 0 Å². The van der Waals surface area contributed by atoms with Crippen molar-refractivity contribution in [3.63, 3.8) is 0 Å². The van der Waals surface area contributed by atoms with Gasteiger partial charge in [-0.05, 0) is 25.5 Å². The van der Waals surface area contributed by atoms with Crippen molar-refractivity contribution in [1.29, 1.82) is 0 Å². The number of nitrogens with two attached hydrogens (primary N) is 1. The summed E-state index contributed by atoms with van der Waals surface area (Å²) in [6.07, 6.45) is 0.519. The quantitative estimate of drug-likeness (QED) is 0.760. The summed E-state index contributed by atoms with van der Waals surface area (Å²) in [5.74, 6) is -1.21. The zero-order valence-corrected chi connectivity index (χ0v) is 8.83. The number of rotatable bonds is 2. The molecule has 0 spiro atoms. The smallest absolute Gasteiger partial charge is 0.142 e. The second kappa shape index (κ2) is 3.83. The summed E-state index contributed by atoms with van der Waals surface area (Å²) >= 11 is 5.42. The Hall–Kier alpha value is -0.670. The summed E-state index contributed by atoms with van der Waals surface area (Å²) < 4.78 is 26.5. The van der Waals surface area contributed by atoms with Gasteiger partial charge in [-0.25, -0.2) is 8.78 Å². The minimum absolute atomic E-state index is 0.155. The first kappa shape index (κ1) is 11.4. The van der Waals surface area contributed by atoms with Crippen molar-refractivity contribution in [1.82, 2.24) is 0 Å². The molecule has 1 rings (SSSR count). The maximum absolute atomic E-state index is 13.4. The van der Waals surface area contributed by atoms with Gasteiger partial charge in [0.05, 0.1) is 5.02 Å². The molecule has 1 aromatic rings. The molecule has 0 saturated heterocycles. The lowest BCUT2D eigenvalue weighted by Gasteiger charge is -2.24. The molecule has 4 heteroatoms. The molecule has 1 nitrogen and oxygen atoms in total. The molecule has 0 aliphatic heterocycles. The normalized spacial score (nSPS) is 15.3. The van der Waals surface area contributed by atoms with Gasteiger partial charge in [0.15, 0.2) is 0 Å². The van der Waals surface area contributed by atoms with Crippen LogP contribution in [0.2, 0.25) is 5.02 Å². The first-order valence-electron chi connectivity index (χ1n) is 4.32. The van der Waals surface area contributed by atoms with E-state index in [2.05, 4.69) is 0 Å². The Balaban J connectivity index is 3.29. The van der Waals surface area contributed by atoms with E-state index in [9.17, 15) is 8.78 Å². The molecule has 1 atom stereocenters. The van der Waals surface area contributed by atoms with Crippen molar-refractivity contribution in [3.05, 3.63) is 34.4 Å². The third-order valence-electron chi connectivity index (χ3n) is 2.36. The zero-order valence-electron chi connectivity index (χ0n) is 8.07. The Kier molecular flexibility index (Phi) is 3.12. The van der Waals surface area contributed by atoms with Crippen LogP contribution in [-0.2, 0) is 5.54 Å². The van der Waals surface area contributed by atoms with Crippen LogP contribution < -0.4 is 5.73 Å². The number of hydrogen-bond acceptors (Lipinski definition) is 1. The molecule has 0 unspecified atom stereocenters. The van der Waals surface area contributed by atoms with Crippen LogP contribution in [0.15, 0.2) is 12.1 Å². The molecule has 0 aliphatic rings. The molecular formula is C10H12ClF2N. The van der Waals surface area contributed by atoms with E-state index in [1.807, 2.05) is 6.92 Å². The lowest BCUT2D eigenvalue weighted by Crippen LogP contribution is -2.33. The van der Waals surface area contributed by atoms with Crippen LogP contribution in [0, 0.1) is 11.6 Å². The van der Waals surface area contributed by atoms with Crippen molar-refractivity contribution < 1.29 is 8.78 Å². The SMILES string of the molecule is CC[C@](C)(N)c1cc(F)c(Cl)cc1F. The highest BCUT2D eigenvalue weighted by molar-refractivity contribution is 6.30. The zero-order chi connectivity index (χ0) is 10.9. The van der Waals surface area contributed by atoms with Gasteiger partial charge < -0.3 is 5.73 Å². The number of halogens is 3. The van der Waals surface area contributed by atoms with Gasteiger partial charge in [-0.1, -0.05) is 18.5 Å². The average molecular weight is 220 g/mol. The van der Waals surface area contributed by atoms with Crippen molar-refractivity contribution in [3.8, 4) is 0 Å². The Morgan fingerprint density at radius 3 is 2.43 bits per heavy atom. The maximum atomic E-state index is 13.4. The van der Waals surface area contributed by atoms with E-state index < -0.39 is 17.2 Å². The van der Waals surface area contributed by atoms with Crippen LogP contribution >= 0.6 is 11.6 Å². The second-order valence-corrected chi connectivity index (χ2v) is 3.92. The average Bonchev–Trinajstić information content (AvgIpc) is 2.11. The van der Waals surface area contributed by atoms with E-state index in [0.29, 0.717) is 6.42 Å². The van der Waals surface area contributed by atoms with E-state index in [1.165, 1.54) is 0 Å². The van der Waals surface area contributed by atoms with Crippen LogP contribution in [0.5, 0.6) is 0 Å². The molecule has 2 N–H and O–H groups in total. The highest BCUT2D eigenvalue weighted by Gasteiger charge is 2.24. The van der Waals surface area contributed by atoms with E-state index in [4.69, 9.17) is 17.3 Å². The summed E-state index contributed by atoms with van der Waals surface area (Å²) in [7, 11) is 0. The molecule has 0 amide bonds. The monoisotopic (exact) mass is 219 g/mol. The van der Waals surface area contributed by atoms with Crippen LogP contribution in [0.25, 0.3) is 0 Å². The number of benzene rings is 1. The van der Waals surface area contributed by atoms with Gasteiger partial charge in [0.1, 0.15) is 11.6 Å². The molecule has 0 radical (unpaired) electrons. The summed E-state index contributed by atoms with van der Waals surface area (Å²) in [5, 5.41) is -0.224. The van der Waals surface area contributed by atoms with Gasteiger partial charge >= 0.3 is 0 Å². The number of hydrogen-bond donors (Lipinski definition) is 1. The Morgan fingerprint density at radius 2 is 1.93 bits per heavy atom. The summed E-state index contributed by atoms with van der Waals surface area (Å²) in [6, 6.07) is 2.01. The minimum atomic E-state index is -0.866. The molecule has 78 valence electrons. The van der Waals surface area contributed by atoms with Crippen molar-refractivity contribution in [2.45, 2.75) is 25.8 Å². The highest BCUT2D eigenvalue weighted by Crippen LogP contribution is 2.28. The Morgan fingerprint density at radius 1 is 1.36 bits per heavy atom. The van der Waals surface area contributed by atoms with Gasteiger partial charge in [-0.2, -0.15) is 0 Å². The van der Waals surface area contributed by atoms with Gasteiger partial charge in [0, 0.05) is 11.1 Å². The fourth-order valence-corrected chi connectivity index (χ4v) is 1.30. The highest BCUT2D eigenvalue weighted by atomic mass is 35.5. The molecule has 1 aromatic carbocycles. The molecule has 0 fully saturated rings. The van der Waals surface area contributed by atoms with Gasteiger partial charge in [0.2, 0.25) is 0 Å². The lowest BCUT2D eigenvalue weighted by molar-refractivity contribution is 0.441. The van der Waals surface area contributed by atoms with E-state index in [0.717, 1.165) is 12.1 Å². The maximum Gasteiger partial charge on any atom is 0.142 e. The first-order valence-corrected chi connectivity index (χ1v) is 4.70. The van der Waals surface area contributed by atoms with Crippen LogP contribution in [0.3, 0.4) is 0 Å².